The Labute approximate surface area is 181 Å². The van der Waals surface area contributed by atoms with Crippen molar-refractivity contribution in [2.75, 3.05) is 13.2 Å². The minimum atomic E-state index is -1.26. The number of carbonyl (C=O) groups excluding carboxylic acids is 2. The van der Waals surface area contributed by atoms with E-state index in [1.807, 2.05) is 32.0 Å². The van der Waals surface area contributed by atoms with Crippen LogP contribution in [0.2, 0.25) is 0 Å². The van der Waals surface area contributed by atoms with Crippen molar-refractivity contribution in [1.29, 1.82) is 0 Å². The van der Waals surface area contributed by atoms with Crippen LogP contribution in [0.3, 0.4) is 0 Å². The third-order valence-corrected chi connectivity index (χ3v) is 4.32. The van der Waals surface area contributed by atoms with Crippen LogP contribution >= 0.6 is 0 Å². The Morgan fingerprint density at radius 2 is 1.45 bits per heavy atom. The van der Waals surface area contributed by atoms with Gasteiger partial charge in [-0.3, -0.25) is 0 Å². The first-order valence-corrected chi connectivity index (χ1v) is 10.1. The molecule has 1 aliphatic rings. The van der Waals surface area contributed by atoms with Crippen molar-refractivity contribution in [3.8, 4) is 17.2 Å². The lowest BCUT2D eigenvalue weighted by Gasteiger charge is -2.29. The first kappa shape index (κ1) is 22.2. The number of rotatable bonds is 8. The molecule has 1 heterocycles. The maximum absolute atomic E-state index is 12.1. The SMILES string of the molecule is CCOc1ccc(COc2ccc(C=C3C(=O)OC(C)(C)OC3=O)cc2)cc1OCC. The molecule has 0 radical (unpaired) electrons. The summed E-state index contributed by atoms with van der Waals surface area (Å²) in [4.78, 5) is 24.1. The standard InChI is InChI=1S/C24H26O7/c1-5-27-20-12-9-17(14-21(20)28-6-2)15-29-18-10-7-16(8-11-18)13-19-22(25)30-24(3,4)31-23(19)26/h7-14H,5-6,15H2,1-4H3. The fraction of sp³-hybridized carbons (Fsp3) is 0.333. The zero-order chi connectivity index (χ0) is 22.4. The molecule has 0 saturated carbocycles. The highest BCUT2D eigenvalue weighted by atomic mass is 16.7. The van der Waals surface area contributed by atoms with Gasteiger partial charge in [-0.1, -0.05) is 18.2 Å². The summed E-state index contributed by atoms with van der Waals surface area (Å²) in [6.07, 6.45) is 1.44. The second kappa shape index (κ2) is 9.55. The molecule has 0 atom stereocenters. The molecule has 2 aromatic rings. The smallest absolute Gasteiger partial charge is 0.348 e. The molecule has 0 aliphatic carbocycles. The molecule has 0 N–H and O–H groups in total. The van der Waals surface area contributed by atoms with Crippen LogP contribution in [0.5, 0.6) is 17.2 Å². The lowest BCUT2D eigenvalue weighted by atomic mass is 10.1. The van der Waals surface area contributed by atoms with Gasteiger partial charge >= 0.3 is 11.9 Å². The molecule has 0 unspecified atom stereocenters. The van der Waals surface area contributed by atoms with Crippen molar-refractivity contribution in [2.45, 2.75) is 40.1 Å². The lowest BCUT2D eigenvalue weighted by Crippen LogP contribution is -2.41. The quantitative estimate of drug-likeness (QED) is 0.354. The third kappa shape index (κ3) is 5.78. The van der Waals surface area contributed by atoms with E-state index in [-0.39, 0.29) is 5.57 Å². The maximum Gasteiger partial charge on any atom is 0.348 e. The minimum Gasteiger partial charge on any atom is -0.490 e. The van der Waals surface area contributed by atoms with Crippen molar-refractivity contribution in [2.24, 2.45) is 0 Å². The summed E-state index contributed by atoms with van der Waals surface area (Å²) in [6, 6.07) is 12.7. The van der Waals surface area contributed by atoms with Gasteiger partial charge < -0.3 is 23.7 Å². The van der Waals surface area contributed by atoms with E-state index in [1.165, 1.54) is 19.9 Å². The molecule has 0 aromatic heterocycles. The highest BCUT2D eigenvalue weighted by Gasteiger charge is 2.38. The van der Waals surface area contributed by atoms with Crippen LogP contribution < -0.4 is 14.2 Å². The van der Waals surface area contributed by atoms with Crippen molar-refractivity contribution in [3.05, 3.63) is 59.2 Å². The first-order chi connectivity index (χ1) is 14.8. The summed E-state index contributed by atoms with van der Waals surface area (Å²) < 4.78 is 27.2. The van der Waals surface area contributed by atoms with E-state index < -0.39 is 17.7 Å². The van der Waals surface area contributed by atoms with E-state index >= 15 is 0 Å². The predicted molar refractivity (Wildman–Crippen MR) is 114 cm³/mol. The van der Waals surface area contributed by atoms with Gasteiger partial charge in [0.25, 0.3) is 5.79 Å². The molecule has 7 heteroatoms. The predicted octanol–water partition coefficient (Wildman–Crippen LogP) is 4.28. The normalized spacial score (nSPS) is 15.0. The lowest BCUT2D eigenvalue weighted by molar-refractivity contribution is -0.222. The monoisotopic (exact) mass is 426 g/mol. The van der Waals surface area contributed by atoms with Gasteiger partial charge in [0, 0.05) is 13.8 Å². The molecule has 0 bridgehead atoms. The molecule has 0 spiro atoms. The average Bonchev–Trinajstić information content (AvgIpc) is 2.71. The summed E-state index contributed by atoms with van der Waals surface area (Å²) in [6.45, 7) is 8.31. The van der Waals surface area contributed by atoms with Crippen molar-refractivity contribution >= 4 is 18.0 Å². The van der Waals surface area contributed by atoms with E-state index in [1.54, 1.807) is 24.3 Å². The topological polar surface area (TPSA) is 80.3 Å². The molecular weight excluding hydrogens is 400 g/mol. The van der Waals surface area contributed by atoms with E-state index in [9.17, 15) is 9.59 Å². The summed E-state index contributed by atoms with van der Waals surface area (Å²) in [5, 5.41) is 0. The Morgan fingerprint density at radius 3 is 2.06 bits per heavy atom. The van der Waals surface area contributed by atoms with E-state index in [4.69, 9.17) is 23.7 Å². The fourth-order valence-electron chi connectivity index (χ4n) is 2.96. The number of ether oxygens (including phenoxy) is 5. The Bertz CT molecular complexity index is 952. The Hall–Kier alpha value is -3.48. The number of benzene rings is 2. The summed E-state index contributed by atoms with van der Waals surface area (Å²) in [7, 11) is 0. The van der Waals surface area contributed by atoms with Gasteiger partial charge in [0.2, 0.25) is 0 Å². The van der Waals surface area contributed by atoms with Crippen LogP contribution in [-0.2, 0) is 25.7 Å². The number of carbonyl (C=O) groups is 2. The van der Waals surface area contributed by atoms with Gasteiger partial charge in [0.05, 0.1) is 13.2 Å². The van der Waals surface area contributed by atoms with Crippen LogP contribution in [0.4, 0.5) is 0 Å². The molecule has 1 aliphatic heterocycles. The van der Waals surface area contributed by atoms with Crippen molar-refractivity contribution < 1.29 is 33.3 Å². The number of esters is 2. The molecule has 2 aromatic carbocycles. The number of hydrogen-bond acceptors (Lipinski definition) is 7. The molecule has 1 fully saturated rings. The van der Waals surface area contributed by atoms with Crippen molar-refractivity contribution in [1.82, 2.24) is 0 Å². The van der Waals surface area contributed by atoms with Gasteiger partial charge in [-0.25, -0.2) is 9.59 Å². The molecule has 31 heavy (non-hydrogen) atoms. The van der Waals surface area contributed by atoms with Gasteiger partial charge in [-0.15, -0.1) is 0 Å². The molecule has 3 rings (SSSR count). The van der Waals surface area contributed by atoms with Gasteiger partial charge in [0.15, 0.2) is 11.5 Å². The van der Waals surface area contributed by atoms with Gasteiger partial charge in [-0.05, 0) is 55.3 Å². The minimum absolute atomic E-state index is 0.147. The second-order valence-electron chi connectivity index (χ2n) is 7.24. The van der Waals surface area contributed by atoms with Crippen LogP contribution in [0.15, 0.2) is 48.0 Å². The number of hydrogen-bond donors (Lipinski definition) is 0. The highest BCUT2D eigenvalue weighted by molar-refractivity contribution is 6.18. The molecule has 7 nitrogen and oxygen atoms in total. The maximum atomic E-state index is 12.1. The average molecular weight is 426 g/mol. The highest BCUT2D eigenvalue weighted by Crippen LogP contribution is 2.29. The Kier molecular flexibility index (Phi) is 6.84. The summed E-state index contributed by atoms with van der Waals surface area (Å²) in [5.74, 6) is -0.643. The molecular formula is C24H26O7. The van der Waals surface area contributed by atoms with Crippen LogP contribution in [0.1, 0.15) is 38.8 Å². The molecule has 0 amide bonds. The number of cyclic esters (lactones) is 2. The van der Waals surface area contributed by atoms with E-state index in [2.05, 4.69) is 0 Å². The molecule has 164 valence electrons. The van der Waals surface area contributed by atoms with Gasteiger partial charge in [-0.2, -0.15) is 0 Å². The van der Waals surface area contributed by atoms with E-state index in [0.717, 1.165) is 5.56 Å². The molecule has 1 saturated heterocycles. The fourth-order valence-corrected chi connectivity index (χ4v) is 2.96. The van der Waals surface area contributed by atoms with Crippen molar-refractivity contribution in [3.63, 3.8) is 0 Å². The van der Waals surface area contributed by atoms with Crippen LogP contribution in [0.25, 0.3) is 6.08 Å². The first-order valence-electron chi connectivity index (χ1n) is 10.1. The zero-order valence-corrected chi connectivity index (χ0v) is 18.1. The summed E-state index contributed by atoms with van der Waals surface area (Å²) in [5.41, 5.74) is 1.44. The van der Waals surface area contributed by atoms with Gasteiger partial charge in [0.1, 0.15) is 17.9 Å². The Balaban J connectivity index is 1.66. The third-order valence-electron chi connectivity index (χ3n) is 4.32. The van der Waals surface area contributed by atoms with Crippen LogP contribution in [0, 0.1) is 0 Å². The van der Waals surface area contributed by atoms with Crippen LogP contribution in [-0.4, -0.2) is 30.9 Å². The second-order valence-corrected chi connectivity index (χ2v) is 7.24. The Morgan fingerprint density at radius 1 is 0.839 bits per heavy atom. The summed E-state index contributed by atoms with van der Waals surface area (Å²) >= 11 is 0. The zero-order valence-electron chi connectivity index (χ0n) is 18.1. The largest absolute Gasteiger partial charge is 0.490 e. The van der Waals surface area contributed by atoms with E-state index in [0.29, 0.717) is 42.6 Å².